The summed E-state index contributed by atoms with van der Waals surface area (Å²) in [6, 6.07) is 8.42. The van der Waals surface area contributed by atoms with E-state index in [0.717, 1.165) is 0 Å². The summed E-state index contributed by atoms with van der Waals surface area (Å²) >= 11 is 0. The van der Waals surface area contributed by atoms with Crippen LogP contribution in [0.3, 0.4) is 0 Å². The summed E-state index contributed by atoms with van der Waals surface area (Å²) in [4.78, 5) is 0. The molecule has 0 radical (unpaired) electrons. The normalized spacial score (nSPS) is 10.6. The average molecular weight is 266 g/mol. The summed E-state index contributed by atoms with van der Waals surface area (Å²) in [5.74, 6) is 3.60. The van der Waals surface area contributed by atoms with Crippen molar-refractivity contribution in [3.8, 4) is 0 Å². The summed E-state index contributed by atoms with van der Waals surface area (Å²) < 4.78 is 39.9. The van der Waals surface area contributed by atoms with Crippen LogP contribution in [0, 0.1) is 24.4 Å². The van der Waals surface area contributed by atoms with Crippen LogP contribution >= 0.6 is 0 Å². The van der Waals surface area contributed by atoms with Crippen LogP contribution < -0.4 is 10.9 Å². The zero-order valence-electron chi connectivity index (χ0n) is 10.3. The Balaban J connectivity index is 2.21. The molecule has 0 atom stereocenters. The van der Waals surface area contributed by atoms with Gasteiger partial charge in [-0.2, -0.15) is 0 Å². The Bertz CT molecular complexity index is 582. The molecule has 0 aromatic heterocycles. The fraction of sp³-hybridized carbons (Fsp3) is 0.143. The predicted octanol–water partition coefficient (Wildman–Crippen LogP) is 3.29. The topological polar surface area (TPSA) is 29.3 Å². The maximum Gasteiger partial charge on any atom is 0.164 e. The third kappa shape index (κ3) is 2.88. The summed E-state index contributed by atoms with van der Waals surface area (Å²) in [6.07, 6.45) is 0. The highest BCUT2D eigenvalue weighted by atomic mass is 19.2. The van der Waals surface area contributed by atoms with Gasteiger partial charge in [-0.25, -0.2) is 19.0 Å². The van der Waals surface area contributed by atoms with Crippen LogP contribution in [-0.2, 0) is 6.54 Å². The van der Waals surface area contributed by atoms with Crippen molar-refractivity contribution < 1.29 is 13.2 Å². The maximum absolute atomic E-state index is 13.7. The molecule has 100 valence electrons. The van der Waals surface area contributed by atoms with Crippen LogP contribution in [0.2, 0.25) is 0 Å². The van der Waals surface area contributed by atoms with Crippen molar-refractivity contribution in [1.82, 2.24) is 0 Å². The minimum Gasteiger partial charge on any atom is -0.307 e. The highest BCUT2D eigenvalue weighted by molar-refractivity contribution is 5.45. The molecule has 0 spiro atoms. The molecule has 19 heavy (non-hydrogen) atoms. The van der Waals surface area contributed by atoms with Crippen LogP contribution in [-0.4, -0.2) is 0 Å². The number of halogens is 3. The molecule has 0 fully saturated rings. The van der Waals surface area contributed by atoms with Crippen LogP contribution in [0.5, 0.6) is 0 Å². The largest absolute Gasteiger partial charge is 0.307 e. The van der Waals surface area contributed by atoms with E-state index in [2.05, 4.69) is 0 Å². The molecular weight excluding hydrogens is 253 g/mol. The Morgan fingerprint density at radius 3 is 2.21 bits per heavy atom. The molecule has 0 heterocycles. The second-order valence-electron chi connectivity index (χ2n) is 4.27. The first kappa shape index (κ1) is 13.4. The predicted molar refractivity (Wildman–Crippen MR) is 67.9 cm³/mol. The third-order valence-electron chi connectivity index (χ3n) is 2.85. The smallest absolute Gasteiger partial charge is 0.164 e. The highest BCUT2D eigenvalue weighted by Crippen LogP contribution is 2.19. The van der Waals surface area contributed by atoms with Crippen molar-refractivity contribution >= 4 is 5.69 Å². The van der Waals surface area contributed by atoms with Gasteiger partial charge in [-0.05, 0) is 36.8 Å². The zero-order valence-corrected chi connectivity index (χ0v) is 10.3. The molecule has 2 aromatic rings. The fourth-order valence-electron chi connectivity index (χ4n) is 1.72. The number of nitrogens with zero attached hydrogens (tertiary/aromatic N) is 1. The molecule has 0 aliphatic carbocycles. The first-order chi connectivity index (χ1) is 8.99. The van der Waals surface area contributed by atoms with Gasteiger partial charge in [0.15, 0.2) is 11.6 Å². The van der Waals surface area contributed by atoms with Gasteiger partial charge >= 0.3 is 0 Å². The lowest BCUT2D eigenvalue weighted by molar-refractivity contribution is 0.492. The first-order valence-electron chi connectivity index (χ1n) is 5.70. The zero-order chi connectivity index (χ0) is 14.0. The van der Waals surface area contributed by atoms with Crippen molar-refractivity contribution in [2.24, 2.45) is 5.84 Å². The Morgan fingerprint density at radius 1 is 0.947 bits per heavy atom. The SMILES string of the molecule is Cc1ccc(CN(N)c2ccc(F)cc2)c(F)c1F. The van der Waals surface area contributed by atoms with Gasteiger partial charge in [0.25, 0.3) is 0 Å². The second-order valence-corrected chi connectivity index (χ2v) is 4.27. The lowest BCUT2D eigenvalue weighted by Crippen LogP contribution is -2.30. The van der Waals surface area contributed by atoms with E-state index in [1.807, 2.05) is 0 Å². The van der Waals surface area contributed by atoms with E-state index in [9.17, 15) is 13.2 Å². The van der Waals surface area contributed by atoms with Crippen molar-refractivity contribution in [2.45, 2.75) is 13.5 Å². The molecule has 2 aromatic carbocycles. The number of benzene rings is 2. The number of aryl methyl sites for hydroxylation is 1. The minimum absolute atomic E-state index is 0.00529. The minimum atomic E-state index is -0.905. The maximum atomic E-state index is 13.7. The number of hydrogen-bond acceptors (Lipinski definition) is 2. The monoisotopic (exact) mass is 266 g/mol. The standard InChI is InChI=1S/C14H13F3N2/c1-9-2-3-10(14(17)13(9)16)8-19(18)12-6-4-11(15)5-7-12/h2-7H,8,18H2,1H3. The number of rotatable bonds is 3. The average Bonchev–Trinajstić information content (AvgIpc) is 2.40. The molecule has 0 saturated heterocycles. The van der Waals surface area contributed by atoms with E-state index in [4.69, 9.17) is 5.84 Å². The lowest BCUT2D eigenvalue weighted by atomic mass is 10.1. The van der Waals surface area contributed by atoms with Gasteiger partial charge in [0.2, 0.25) is 0 Å². The number of anilines is 1. The Labute approximate surface area is 109 Å². The van der Waals surface area contributed by atoms with Crippen molar-refractivity contribution in [3.05, 3.63) is 65.0 Å². The van der Waals surface area contributed by atoms with Crippen LogP contribution in [0.15, 0.2) is 36.4 Å². The molecule has 0 aliphatic rings. The summed E-state index contributed by atoms with van der Waals surface area (Å²) in [5.41, 5.74) is 0.906. The molecular formula is C14H13F3N2. The van der Waals surface area contributed by atoms with Crippen molar-refractivity contribution in [1.29, 1.82) is 0 Å². The van der Waals surface area contributed by atoms with Gasteiger partial charge in [0, 0.05) is 5.56 Å². The van der Waals surface area contributed by atoms with E-state index < -0.39 is 11.6 Å². The molecule has 5 heteroatoms. The number of hydrogen-bond donors (Lipinski definition) is 1. The van der Waals surface area contributed by atoms with Crippen LogP contribution in [0.1, 0.15) is 11.1 Å². The second kappa shape index (κ2) is 5.32. The lowest BCUT2D eigenvalue weighted by Gasteiger charge is -2.19. The number of nitrogens with two attached hydrogens (primary N) is 1. The van der Waals surface area contributed by atoms with E-state index in [0.29, 0.717) is 5.69 Å². The summed E-state index contributed by atoms with van der Waals surface area (Å²) in [6.45, 7) is 1.48. The summed E-state index contributed by atoms with van der Waals surface area (Å²) in [7, 11) is 0. The number of hydrazine groups is 1. The van der Waals surface area contributed by atoms with E-state index in [-0.39, 0.29) is 23.5 Å². The van der Waals surface area contributed by atoms with Gasteiger partial charge < -0.3 is 5.01 Å². The van der Waals surface area contributed by atoms with Gasteiger partial charge in [-0.1, -0.05) is 12.1 Å². The third-order valence-corrected chi connectivity index (χ3v) is 2.85. The van der Waals surface area contributed by atoms with E-state index in [1.165, 1.54) is 48.3 Å². The van der Waals surface area contributed by atoms with E-state index in [1.54, 1.807) is 0 Å². The van der Waals surface area contributed by atoms with Gasteiger partial charge in [-0.3, -0.25) is 0 Å². The van der Waals surface area contributed by atoms with Gasteiger partial charge in [0.1, 0.15) is 5.82 Å². The Kier molecular flexibility index (Phi) is 3.76. The fourth-order valence-corrected chi connectivity index (χ4v) is 1.72. The molecule has 2 rings (SSSR count). The molecule has 2 nitrogen and oxygen atoms in total. The van der Waals surface area contributed by atoms with E-state index >= 15 is 0 Å². The molecule has 2 N–H and O–H groups in total. The van der Waals surface area contributed by atoms with Gasteiger partial charge in [0.05, 0.1) is 12.2 Å². The highest BCUT2D eigenvalue weighted by Gasteiger charge is 2.13. The molecule has 0 bridgehead atoms. The first-order valence-corrected chi connectivity index (χ1v) is 5.70. The Morgan fingerprint density at radius 2 is 1.58 bits per heavy atom. The van der Waals surface area contributed by atoms with Gasteiger partial charge in [-0.15, -0.1) is 0 Å². The van der Waals surface area contributed by atoms with Crippen LogP contribution in [0.4, 0.5) is 18.9 Å². The summed E-state index contributed by atoms with van der Waals surface area (Å²) in [5, 5.41) is 1.23. The van der Waals surface area contributed by atoms with Crippen LogP contribution in [0.25, 0.3) is 0 Å². The van der Waals surface area contributed by atoms with Crippen molar-refractivity contribution in [3.63, 3.8) is 0 Å². The Hall–Kier alpha value is -2.01. The molecule has 0 unspecified atom stereocenters. The molecule has 0 amide bonds. The molecule has 0 saturated carbocycles. The molecule has 0 aliphatic heterocycles. The quantitative estimate of drug-likeness (QED) is 0.682. The van der Waals surface area contributed by atoms with Crippen molar-refractivity contribution in [2.75, 3.05) is 5.01 Å².